The zero-order valence-corrected chi connectivity index (χ0v) is 22.7. The van der Waals surface area contributed by atoms with E-state index in [4.69, 9.17) is 4.74 Å². The Hall–Kier alpha value is -4.61. The van der Waals surface area contributed by atoms with E-state index in [1.54, 1.807) is 63.2 Å². The molecule has 0 saturated carbocycles. The number of hydrogen-bond donors (Lipinski definition) is 3. The molecular weight excluding hydrogens is 520 g/mol. The summed E-state index contributed by atoms with van der Waals surface area (Å²) in [5.41, 5.74) is 0.291. The molecule has 0 radical (unpaired) electrons. The molecule has 1 saturated heterocycles. The molecule has 1 atom stereocenters. The molecule has 0 aliphatic carbocycles. The van der Waals surface area contributed by atoms with Gasteiger partial charge in [-0.05, 0) is 36.0 Å². The minimum atomic E-state index is -1.97. The number of amides is 4. The van der Waals surface area contributed by atoms with Crippen molar-refractivity contribution in [1.82, 2.24) is 20.5 Å². The third-order valence-electron chi connectivity index (χ3n) is 6.79. The number of benzene rings is 2. The van der Waals surface area contributed by atoms with Crippen molar-refractivity contribution >= 4 is 30.0 Å². The third-order valence-corrected chi connectivity index (χ3v) is 6.79. The van der Waals surface area contributed by atoms with Gasteiger partial charge in [-0.25, -0.2) is 29.4 Å². The van der Waals surface area contributed by atoms with E-state index in [-0.39, 0.29) is 38.0 Å². The number of aliphatic carboxylic acids is 1. The monoisotopic (exact) mass is 554 g/mol. The van der Waals surface area contributed by atoms with Gasteiger partial charge in [0.1, 0.15) is 6.61 Å². The standard InChI is InChI=1S/C28H34N4O8/c1-27(2,3)28(24(35)36)16-10-17-31(26(38)39)32(28)25(37)30(29-23(34)21-13-8-5-9-14-21)18-15-22(33)40-19-20-11-6-4-7-12-20/h4-9,11-14H,10,15-19H2,1-3H3,(H,29,34)(H,35,36)(H,38,39). The van der Waals surface area contributed by atoms with Crippen LogP contribution in [-0.2, 0) is 20.9 Å². The van der Waals surface area contributed by atoms with E-state index in [0.717, 1.165) is 10.6 Å². The Morgan fingerprint density at radius 3 is 2.12 bits per heavy atom. The molecule has 214 valence electrons. The molecule has 0 spiro atoms. The van der Waals surface area contributed by atoms with Gasteiger partial charge in [-0.15, -0.1) is 0 Å². The quantitative estimate of drug-likeness (QED) is 0.345. The summed E-state index contributed by atoms with van der Waals surface area (Å²) < 4.78 is 5.28. The SMILES string of the molecule is CC(C)(C)C1(C(=O)O)CCCN(C(=O)O)N1C(=O)N(CCC(=O)OCc1ccccc1)NC(=O)c1ccccc1. The Kier molecular flexibility index (Phi) is 9.35. The average molecular weight is 555 g/mol. The smallest absolute Gasteiger partial charge is 0.426 e. The fraction of sp³-hybridized carbons (Fsp3) is 0.393. The van der Waals surface area contributed by atoms with Gasteiger partial charge in [0.25, 0.3) is 5.91 Å². The molecule has 1 aliphatic heterocycles. The van der Waals surface area contributed by atoms with Crippen LogP contribution in [0.1, 0.15) is 56.0 Å². The summed E-state index contributed by atoms with van der Waals surface area (Å²) in [6.45, 7) is 4.25. The lowest BCUT2D eigenvalue weighted by Crippen LogP contribution is -2.74. The lowest BCUT2D eigenvalue weighted by Gasteiger charge is -2.54. The Balaban J connectivity index is 1.93. The zero-order valence-electron chi connectivity index (χ0n) is 22.7. The maximum Gasteiger partial charge on any atom is 0.426 e. The van der Waals surface area contributed by atoms with Crippen LogP contribution in [0.2, 0.25) is 0 Å². The lowest BCUT2D eigenvalue weighted by molar-refractivity contribution is -0.183. The normalized spacial score (nSPS) is 17.1. The molecule has 1 heterocycles. The number of carboxylic acid groups (broad SMARTS) is 2. The molecule has 12 nitrogen and oxygen atoms in total. The minimum absolute atomic E-state index is 0.00490. The van der Waals surface area contributed by atoms with Crippen molar-refractivity contribution in [3.05, 3.63) is 71.8 Å². The van der Waals surface area contributed by atoms with Crippen LogP contribution in [0.5, 0.6) is 0 Å². The number of esters is 1. The summed E-state index contributed by atoms with van der Waals surface area (Å²) in [5.74, 6) is -2.78. The largest absolute Gasteiger partial charge is 0.479 e. The molecular formula is C28H34N4O8. The maximum absolute atomic E-state index is 14.1. The first-order chi connectivity index (χ1) is 18.9. The molecule has 2 aromatic rings. The van der Waals surface area contributed by atoms with E-state index in [1.807, 2.05) is 6.07 Å². The number of urea groups is 1. The first-order valence-corrected chi connectivity index (χ1v) is 12.8. The second-order valence-corrected chi connectivity index (χ2v) is 10.4. The van der Waals surface area contributed by atoms with Gasteiger partial charge in [0.05, 0.1) is 13.0 Å². The zero-order chi connectivity index (χ0) is 29.5. The van der Waals surface area contributed by atoms with Gasteiger partial charge in [-0.1, -0.05) is 69.3 Å². The van der Waals surface area contributed by atoms with E-state index in [1.165, 1.54) is 12.1 Å². The topological polar surface area (TPSA) is 157 Å². The summed E-state index contributed by atoms with van der Waals surface area (Å²) in [6, 6.07) is 15.8. The number of hydrazine groups is 2. The van der Waals surface area contributed by atoms with E-state index in [2.05, 4.69) is 5.43 Å². The van der Waals surface area contributed by atoms with Gasteiger partial charge < -0.3 is 14.9 Å². The van der Waals surface area contributed by atoms with Crippen molar-refractivity contribution in [1.29, 1.82) is 0 Å². The fourth-order valence-electron chi connectivity index (χ4n) is 4.66. The van der Waals surface area contributed by atoms with Crippen molar-refractivity contribution in [3.63, 3.8) is 0 Å². The van der Waals surface area contributed by atoms with Gasteiger partial charge in [-0.2, -0.15) is 0 Å². The molecule has 1 aliphatic rings. The van der Waals surface area contributed by atoms with Gasteiger partial charge in [0, 0.05) is 12.1 Å². The van der Waals surface area contributed by atoms with Gasteiger partial charge >= 0.3 is 24.1 Å². The van der Waals surface area contributed by atoms with Crippen molar-refractivity contribution in [2.45, 2.75) is 52.2 Å². The first-order valence-electron chi connectivity index (χ1n) is 12.8. The molecule has 0 aromatic heterocycles. The van der Waals surface area contributed by atoms with Crippen molar-refractivity contribution in [2.24, 2.45) is 5.41 Å². The van der Waals surface area contributed by atoms with Crippen molar-refractivity contribution in [3.8, 4) is 0 Å². The summed E-state index contributed by atoms with van der Waals surface area (Å²) in [7, 11) is 0. The predicted octanol–water partition coefficient (Wildman–Crippen LogP) is 3.75. The maximum atomic E-state index is 14.1. The molecule has 1 unspecified atom stereocenters. The molecule has 4 amide bonds. The minimum Gasteiger partial charge on any atom is -0.479 e. The number of carboxylic acids is 1. The van der Waals surface area contributed by atoms with Crippen molar-refractivity contribution < 1.29 is 38.9 Å². The van der Waals surface area contributed by atoms with Gasteiger partial charge in [0.2, 0.25) is 0 Å². The number of hydrogen-bond acceptors (Lipinski definition) is 6. The average Bonchev–Trinajstić information content (AvgIpc) is 2.93. The Morgan fingerprint density at radius 1 is 0.975 bits per heavy atom. The highest BCUT2D eigenvalue weighted by molar-refractivity contribution is 5.96. The number of carbonyl (C=O) groups is 5. The second-order valence-electron chi connectivity index (χ2n) is 10.4. The highest BCUT2D eigenvalue weighted by Gasteiger charge is 2.60. The predicted molar refractivity (Wildman–Crippen MR) is 142 cm³/mol. The number of nitrogens with zero attached hydrogens (tertiary/aromatic N) is 3. The van der Waals surface area contributed by atoms with Crippen LogP contribution in [0.4, 0.5) is 9.59 Å². The second kappa shape index (κ2) is 12.5. The van der Waals surface area contributed by atoms with Crippen LogP contribution < -0.4 is 5.43 Å². The highest BCUT2D eigenvalue weighted by Crippen LogP contribution is 2.44. The van der Waals surface area contributed by atoms with E-state index in [0.29, 0.717) is 10.0 Å². The molecule has 3 N–H and O–H groups in total. The van der Waals surface area contributed by atoms with Crippen LogP contribution >= 0.6 is 0 Å². The van der Waals surface area contributed by atoms with Gasteiger partial charge in [-0.3, -0.25) is 15.0 Å². The summed E-state index contributed by atoms with van der Waals surface area (Å²) in [4.78, 5) is 64.6. The summed E-state index contributed by atoms with van der Waals surface area (Å²) >= 11 is 0. The molecule has 3 rings (SSSR count). The summed E-state index contributed by atoms with van der Waals surface area (Å²) in [5, 5.41) is 22.4. The van der Waals surface area contributed by atoms with E-state index in [9.17, 15) is 34.2 Å². The number of rotatable bonds is 7. The third kappa shape index (κ3) is 6.50. The van der Waals surface area contributed by atoms with Crippen molar-refractivity contribution in [2.75, 3.05) is 13.1 Å². The van der Waals surface area contributed by atoms with Gasteiger partial charge in [0.15, 0.2) is 5.54 Å². The molecule has 12 heteroatoms. The highest BCUT2D eigenvalue weighted by atomic mass is 16.5. The van der Waals surface area contributed by atoms with Crippen LogP contribution in [0.15, 0.2) is 60.7 Å². The molecule has 2 aromatic carbocycles. The number of nitrogens with one attached hydrogen (secondary N) is 1. The molecule has 1 fully saturated rings. The summed E-state index contributed by atoms with van der Waals surface area (Å²) in [6.07, 6.45) is -1.72. The van der Waals surface area contributed by atoms with Crippen LogP contribution in [0, 0.1) is 5.41 Å². The fourth-order valence-corrected chi connectivity index (χ4v) is 4.66. The molecule has 0 bridgehead atoms. The van der Waals surface area contributed by atoms with Crippen LogP contribution in [0.25, 0.3) is 0 Å². The number of ether oxygens (including phenoxy) is 1. The molecule has 40 heavy (non-hydrogen) atoms. The van der Waals surface area contributed by atoms with E-state index >= 15 is 0 Å². The lowest BCUT2D eigenvalue weighted by atomic mass is 9.69. The Bertz CT molecular complexity index is 1230. The Morgan fingerprint density at radius 2 is 1.57 bits per heavy atom. The first kappa shape index (κ1) is 29.9. The van der Waals surface area contributed by atoms with Crippen LogP contribution in [-0.4, -0.2) is 73.8 Å². The van der Waals surface area contributed by atoms with E-state index < -0.39 is 47.5 Å². The number of carbonyl (C=O) groups excluding carboxylic acids is 3. The Labute approximate surface area is 232 Å². The van der Waals surface area contributed by atoms with Crippen LogP contribution in [0.3, 0.4) is 0 Å².